The molecule has 1 heterocycles. The summed E-state index contributed by atoms with van der Waals surface area (Å²) in [6.45, 7) is 7.63. The minimum atomic E-state index is -3.61. The summed E-state index contributed by atoms with van der Waals surface area (Å²) >= 11 is 0. The Kier molecular flexibility index (Phi) is 6.52. The van der Waals surface area contributed by atoms with Crippen molar-refractivity contribution in [2.45, 2.75) is 51.1 Å². The molecule has 8 heteroatoms. The molecule has 1 aromatic heterocycles. The van der Waals surface area contributed by atoms with Crippen LogP contribution in [0.4, 0.5) is 5.82 Å². The second kappa shape index (κ2) is 7.74. The molecular weight excluding hydrogens is 318 g/mol. The number of carboxylic acid groups (broad SMARTS) is 1. The lowest BCUT2D eigenvalue weighted by Crippen LogP contribution is -2.41. The van der Waals surface area contributed by atoms with E-state index in [0.29, 0.717) is 12.4 Å². The summed E-state index contributed by atoms with van der Waals surface area (Å²) in [5.74, 6) is -0.355. The van der Waals surface area contributed by atoms with Crippen LogP contribution in [0.2, 0.25) is 0 Å². The Morgan fingerprint density at radius 3 is 2.17 bits per heavy atom. The average molecular weight is 343 g/mol. The van der Waals surface area contributed by atoms with E-state index in [9.17, 15) is 13.2 Å². The molecule has 0 atom stereocenters. The predicted molar refractivity (Wildman–Crippen MR) is 89.1 cm³/mol. The fourth-order valence-electron chi connectivity index (χ4n) is 2.40. The molecule has 0 spiro atoms. The third-order valence-electron chi connectivity index (χ3n) is 3.37. The van der Waals surface area contributed by atoms with Crippen molar-refractivity contribution in [1.82, 2.24) is 9.29 Å². The normalized spacial score (nSPS) is 12.2. The molecule has 0 amide bonds. The van der Waals surface area contributed by atoms with E-state index in [1.807, 2.05) is 27.7 Å². The van der Waals surface area contributed by atoms with Crippen molar-refractivity contribution in [1.29, 1.82) is 0 Å². The van der Waals surface area contributed by atoms with E-state index in [4.69, 9.17) is 5.11 Å². The van der Waals surface area contributed by atoms with E-state index in [1.54, 1.807) is 18.0 Å². The highest BCUT2D eigenvalue weighted by molar-refractivity contribution is 7.89. The summed E-state index contributed by atoms with van der Waals surface area (Å²) in [5, 5.41) is 8.69. The first kappa shape index (κ1) is 19.4. The summed E-state index contributed by atoms with van der Waals surface area (Å²) < 4.78 is 26.9. The van der Waals surface area contributed by atoms with Crippen LogP contribution in [-0.2, 0) is 14.8 Å². The molecule has 0 saturated heterocycles. The van der Waals surface area contributed by atoms with Gasteiger partial charge in [0.2, 0.25) is 10.0 Å². The third-order valence-corrected chi connectivity index (χ3v) is 5.60. The van der Waals surface area contributed by atoms with Gasteiger partial charge in [0.05, 0.1) is 6.42 Å². The van der Waals surface area contributed by atoms with Crippen molar-refractivity contribution in [3.8, 4) is 0 Å². The van der Waals surface area contributed by atoms with Gasteiger partial charge < -0.3 is 10.0 Å². The zero-order valence-corrected chi connectivity index (χ0v) is 15.0. The molecule has 1 N–H and O–H groups in total. The minimum Gasteiger partial charge on any atom is -0.481 e. The van der Waals surface area contributed by atoms with Gasteiger partial charge in [-0.05, 0) is 39.8 Å². The molecule has 130 valence electrons. The molecule has 0 aliphatic carbocycles. The maximum atomic E-state index is 12.7. The maximum Gasteiger partial charge on any atom is 0.305 e. The summed E-state index contributed by atoms with van der Waals surface area (Å²) in [6.07, 6.45) is 1.31. The lowest BCUT2D eigenvalue weighted by molar-refractivity contribution is -0.136. The smallest absolute Gasteiger partial charge is 0.305 e. The van der Waals surface area contributed by atoms with Crippen molar-refractivity contribution in [2.24, 2.45) is 0 Å². The van der Waals surface area contributed by atoms with Crippen LogP contribution in [0.1, 0.15) is 34.1 Å². The lowest BCUT2D eigenvalue weighted by Gasteiger charge is -2.29. The van der Waals surface area contributed by atoms with Crippen molar-refractivity contribution >= 4 is 21.8 Å². The number of nitrogens with zero attached hydrogens (tertiary/aromatic N) is 3. The van der Waals surface area contributed by atoms with Crippen molar-refractivity contribution in [3.63, 3.8) is 0 Å². The summed E-state index contributed by atoms with van der Waals surface area (Å²) in [4.78, 5) is 16.6. The van der Waals surface area contributed by atoms with Crippen molar-refractivity contribution in [3.05, 3.63) is 18.3 Å². The highest BCUT2D eigenvalue weighted by Crippen LogP contribution is 2.22. The number of rotatable bonds is 8. The van der Waals surface area contributed by atoms with Gasteiger partial charge >= 0.3 is 5.97 Å². The molecule has 0 unspecified atom stereocenters. The van der Waals surface area contributed by atoms with Gasteiger partial charge in [-0.2, -0.15) is 4.31 Å². The Hall–Kier alpha value is -1.67. The van der Waals surface area contributed by atoms with Gasteiger partial charge in [0.25, 0.3) is 0 Å². The fourth-order valence-corrected chi connectivity index (χ4v) is 4.18. The highest BCUT2D eigenvalue weighted by atomic mass is 32.2. The van der Waals surface area contributed by atoms with Gasteiger partial charge in [-0.25, -0.2) is 13.4 Å². The molecule has 0 radical (unpaired) electrons. The largest absolute Gasteiger partial charge is 0.481 e. The number of sulfonamides is 1. The Balaban J connectivity index is 3.01. The van der Waals surface area contributed by atoms with Crippen LogP contribution in [0.15, 0.2) is 23.2 Å². The van der Waals surface area contributed by atoms with Gasteiger partial charge in [-0.15, -0.1) is 0 Å². The molecule has 0 bridgehead atoms. The zero-order chi connectivity index (χ0) is 17.8. The number of hydrogen-bond acceptors (Lipinski definition) is 5. The SMILES string of the molecule is CC(C)N(C(C)C)S(=O)(=O)c1ccc(N(C)CCC(=O)O)nc1. The second-order valence-electron chi connectivity index (χ2n) is 5.94. The predicted octanol–water partition coefficient (Wildman–Crippen LogP) is 1.80. The zero-order valence-electron chi connectivity index (χ0n) is 14.2. The van der Waals surface area contributed by atoms with E-state index in [0.717, 1.165) is 0 Å². The molecule has 0 aliphatic rings. The fraction of sp³-hybridized carbons (Fsp3) is 0.600. The van der Waals surface area contributed by atoms with Crippen LogP contribution in [0.3, 0.4) is 0 Å². The van der Waals surface area contributed by atoms with Gasteiger partial charge in [-0.3, -0.25) is 4.79 Å². The molecule has 0 fully saturated rings. The monoisotopic (exact) mass is 343 g/mol. The Labute approximate surface area is 138 Å². The van der Waals surface area contributed by atoms with E-state index in [-0.39, 0.29) is 23.4 Å². The molecular formula is C15H25N3O4S. The number of carbonyl (C=O) groups is 1. The number of pyridine rings is 1. The number of aliphatic carboxylic acids is 1. The van der Waals surface area contributed by atoms with Crippen molar-refractivity contribution < 1.29 is 18.3 Å². The summed E-state index contributed by atoms with van der Waals surface area (Å²) in [6, 6.07) is 2.79. The Bertz CT molecular complexity index is 619. The molecule has 7 nitrogen and oxygen atoms in total. The Morgan fingerprint density at radius 1 is 1.22 bits per heavy atom. The van der Waals surface area contributed by atoms with Crippen LogP contribution in [0, 0.1) is 0 Å². The molecule has 1 aromatic rings. The molecule has 23 heavy (non-hydrogen) atoms. The highest BCUT2D eigenvalue weighted by Gasteiger charge is 2.29. The maximum absolute atomic E-state index is 12.7. The summed E-state index contributed by atoms with van der Waals surface area (Å²) in [7, 11) is -1.89. The van der Waals surface area contributed by atoms with Crippen LogP contribution >= 0.6 is 0 Å². The topological polar surface area (TPSA) is 90.8 Å². The first-order valence-corrected chi connectivity index (χ1v) is 8.94. The first-order valence-electron chi connectivity index (χ1n) is 7.50. The third kappa shape index (κ3) is 4.90. The van der Waals surface area contributed by atoms with E-state index >= 15 is 0 Å². The lowest BCUT2D eigenvalue weighted by atomic mass is 10.3. The van der Waals surface area contributed by atoms with E-state index in [1.165, 1.54) is 16.6 Å². The molecule has 0 aliphatic heterocycles. The van der Waals surface area contributed by atoms with Gasteiger partial charge in [0, 0.05) is 31.9 Å². The molecule has 0 aromatic carbocycles. The van der Waals surface area contributed by atoms with Gasteiger partial charge in [0.1, 0.15) is 10.7 Å². The standard InChI is InChI=1S/C15H25N3O4S/c1-11(2)18(12(3)4)23(21,22)13-6-7-14(16-10-13)17(5)9-8-15(19)20/h6-7,10-12H,8-9H2,1-5H3,(H,19,20). The van der Waals surface area contributed by atoms with Gasteiger partial charge in [0.15, 0.2) is 0 Å². The second-order valence-corrected chi connectivity index (χ2v) is 7.78. The van der Waals surface area contributed by atoms with Gasteiger partial charge in [-0.1, -0.05) is 0 Å². The molecule has 1 rings (SSSR count). The first-order chi connectivity index (χ1) is 10.6. The average Bonchev–Trinajstić information content (AvgIpc) is 2.43. The number of carboxylic acids is 1. The van der Waals surface area contributed by atoms with Crippen molar-refractivity contribution in [2.75, 3.05) is 18.5 Å². The van der Waals surface area contributed by atoms with Crippen LogP contribution in [0.25, 0.3) is 0 Å². The number of aromatic nitrogens is 1. The number of anilines is 1. The quantitative estimate of drug-likeness (QED) is 0.774. The Morgan fingerprint density at radius 2 is 1.78 bits per heavy atom. The van der Waals surface area contributed by atoms with Crippen LogP contribution in [0.5, 0.6) is 0 Å². The summed E-state index contributed by atoms with van der Waals surface area (Å²) in [5.41, 5.74) is 0. The molecule has 0 saturated carbocycles. The van der Waals surface area contributed by atoms with E-state index in [2.05, 4.69) is 4.98 Å². The minimum absolute atomic E-state index is 0.00724. The van der Waals surface area contributed by atoms with Crippen LogP contribution in [-0.4, -0.2) is 54.5 Å². The van der Waals surface area contributed by atoms with E-state index < -0.39 is 16.0 Å². The van der Waals surface area contributed by atoms with Crippen LogP contribution < -0.4 is 4.90 Å². The number of hydrogen-bond donors (Lipinski definition) is 1.